The number of hydrogen-bond acceptors (Lipinski definition) is 3. The van der Waals surface area contributed by atoms with E-state index in [4.69, 9.17) is 0 Å². The SMILES string of the molecule is Cc1cc(C)c(S(=O)(=O)n2cc(C3=CCN4CCC[C@@H]4C3)c3cc(F)ccc32)c(C)c1. The van der Waals surface area contributed by atoms with Gasteiger partial charge >= 0.3 is 0 Å². The number of halogens is 1. The lowest BCUT2D eigenvalue weighted by Crippen LogP contribution is -2.32. The summed E-state index contributed by atoms with van der Waals surface area (Å²) in [4.78, 5) is 2.80. The van der Waals surface area contributed by atoms with Crippen LogP contribution < -0.4 is 0 Å². The summed E-state index contributed by atoms with van der Waals surface area (Å²) in [6, 6.07) is 8.66. The van der Waals surface area contributed by atoms with Crippen molar-refractivity contribution >= 4 is 26.5 Å². The van der Waals surface area contributed by atoms with Crippen LogP contribution in [0.25, 0.3) is 16.5 Å². The van der Waals surface area contributed by atoms with Gasteiger partial charge in [-0.25, -0.2) is 16.8 Å². The third-order valence-electron chi connectivity index (χ3n) is 6.73. The molecule has 2 aromatic carbocycles. The molecule has 0 saturated carbocycles. The lowest BCUT2D eigenvalue weighted by atomic mass is 9.94. The standard InChI is InChI=1S/C25H27FN2O2S/c1-16-11-17(2)25(18(3)12-16)31(29,30)28-15-23(22-14-20(26)6-7-24(22)28)19-8-10-27-9-4-5-21(27)13-19/h6-8,11-12,14-15,21H,4-5,9-10,13H2,1-3H3/t21-/m1/s1. The van der Waals surface area contributed by atoms with Crippen LogP contribution in [0.2, 0.25) is 0 Å². The lowest BCUT2D eigenvalue weighted by molar-refractivity contribution is 0.275. The topological polar surface area (TPSA) is 42.3 Å². The van der Waals surface area contributed by atoms with Crippen molar-refractivity contribution in [2.45, 2.75) is 51.0 Å². The number of benzene rings is 2. The minimum atomic E-state index is -3.84. The van der Waals surface area contributed by atoms with Crippen LogP contribution in [-0.2, 0) is 10.0 Å². The van der Waals surface area contributed by atoms with Crippen LogP contribution >= 0.6 is 0 Å². The first-order chi connectivity index (χ1) is 14.8. The Bertz CT molecular complexity index is 1310. The molecule has 2 aliphatic heterocycles. The van der Waals surface area contributed by atoms with Gasteiger partial charge in [0.1, 0.15) is 5.82 Å². The molecule has 31 heavy (non-hydrogen) atoms. The fourth-order valence-electron chi connectivity index (χ4n) is 5.45. The van der Waals surface area contributed by atoms with Gasteiger partial charge in [0.2, 0.25) is 0 Å². The number of hydrogen-bond donors (Lipinski definition) is 0. The Morgan fingerprint density at radius 2 is 1.81 bits per heavy atom. The van der Waals surface area contributed by atoms with Gasteiger partial charge in [-0.05, 0) is 81.5 Å². The molecule has 1 aromatic heterocycles. The highest BCUT2D eigenvalue weighted by Crippen LogP contribution is 2.38. The molecule has 1 fully saturated rings. The smallest absolute Gasteiger partial charge is 0.268 e. The molecule has 3 heterocycles. The number of fused-ring (bicyclic) bond motifs is 2. The fourth-order valence-corrected chi connectivity index (χ4v) is 7.24. The highest BCUT2D eigenvalue weighted by molar-refractivity contribution is 7.90. The summed E-state index contributed by atoms with van der Waals surface area (Å²) in [7, 11) is -3.84. The minimum Gasteiger partial charge on any atom is -0.296 e. The Labute approximate surface area is 183 Å². The van der Waals surface area contributed by atoms with E-state index in [0.717, 1.165) is 53.8 Å². The lowest BCUT2D eigenvalue weighted by Gasteiger charge is -2.29. The predicted molar refractivity (Wildman–Crippen MR) is 122 cm³/mol. The second-order valence-electron chi connectivity index (χ2n) is 8.96. The summed E-state index contributed by atoms with van der Waals surface area (Å²) in [5.41, 5.74) is 4.94. The van der Waals surface area contributed by atoms with Gasteiger partial charge in [0.25, 0.3) is 10.0 Å². The van der Waals surface area contributed by atoms with Gasteiger partial charge in [-0.3, -0.25) is 4.90 Å². The molecule has 162 valence electrons. The van der Waals surface area contributed by atoms with E-state index in [9.17, 15) is 12.8 Å². The second kappa shape index (κ2) is 7.31. The molecular formula is C25H27FN2O2S. The van der Waals surface area contributed by atoms with E-state index >= 15 is 0 Å². The minimum absolute atomic E-state index is 0.325. The van der Waals surface area contributed by atoms with Gasteiger partial charge in [0.05, 0.1) is 10.4 Å². The van der Waals surface area contributed by atoms with E-state index in [-0.39, 0.29) is 5.82 Å². The monoisotopic (exact) mass is 438 g/mol. The van der Waals surface area contributed by atoms with Crippen molar-refractivity contribution in [3.8, 4) is 0 Å². The molecule has 0 N–H and O–H groups in total. The van der Waals surface area contributed by atoms with Crippen LogP contribution in [0.3, 0.4) is 0 Å². The molecule has 1 saturated heterocycles. The Kier molecular flexibility index (Phi) is 4.83. The Morgan fingerprint density at radius 1 is 1.06 bits per heavy atom. The van der Waals surface area contributed by atoms with Gasteiger partial charge in [-0.15, -0.1) is 0 Å². The molecule has 0 unspecified atom stereocenters. The summed E-state index contributed by atoms with van der Waals surface area (Å²) in [5.74, 6) is -0.356. The van der Waals surface area contributed by atoms with Crippen LogP contribution in [0, 0.1) is 26.6 Å². The average molecular weight is 439 g/mol. The third kappa shape index (κ3) is 3.33. The van der Waals surface area contributed by atoms with E-state index in [0.29, 0.717) is 21.8 Å². The molecule has 0 radical (unpaired) electrons. The summed E-state index contributed by atoms with van der Waals surface area (Å²) in [5, 5.41) is 0.656. The molecule has 1 atom stereocenters. The molecular weight excluding hydrogens is 411 g/mol. The molecule has 0 aliphatic carbocycles. The van der Waals surface area contributed by atoms with Gasteiger partial charge in [-0.2, -0.15) is 0 Å². The average Bonchev–Trinajstić information content (AvgIpc) is 3.30. The molecule has 3 aromatic rings. The van der Waals surface area contributed by atoms with Crippen molar-refractivity contribution in [1.29, 1.82) is 0 Å². The van der Waals surface area contributed by atoms with Crippen LogP contribution in [0.5, 0.6) is 0 Å². The molecule has 0 spiro atoms. The van der Waals surface area contributed by atoms with E-state index in [1.54, 1.807) is 12.3 Å². The predicted octanol–water partition coefficient (Wildman–Crippen LogP) is 5.19. The van der Waals surface area contributed by atoms with Crippen molar-refractivity contribution in [3.05, 3.63) is 70.7 Å². The number of rotatable bonds is 3. The fraction of sp³-hybridized carbons (Fsp3) is 0.360. The number of aryl methyl sites for hydroxylation is 3. The summed E-state index contributed by atoms with van der Waals surface area (Å²) in [6.45, 7) is 7.61. The Hall–Kier alpha value is -2.44. The summed E-state index contributed by atoms with van der Waals surface area (Å²) >= 11 is 0. The Balaban J connectivity index is 1.71. The zero-order valence-electron chi connectivity index (χ0n) is 18.2. The molecule has 4 nitrogen and oxygen atoms in total. The highest BCUT2D eigenvalue weighted by Gasteiger charge is 2.31. The molecule has 0 amide bonds. The van der Waals surface area contributed by atoms with E-state index < -0.39 is 10.0 Å². The van der Waals surface area contributed by atoms with Crippen LogP contribution in [0.1, 0.15) is 41.5 Å². The van der Waals surface area contributed by atoms with Crippen molar-refractivity contribution < 1.29 is 12.8 Å². The van der Waals surface area contributed by atoms with E-state index in [1.165, 1.54) is 22.5 Å². The molecule has 5 rings (SSSR count). The zero-order valence-corrected chi connectivity index (χ0v) is 19.0. The largest absolute Gasteiger partial charge is 0.296 e. The van der Waals surface area contributed by atoms with E-state index in [1.807, 2.05) is 32.9 Å². The molecule has 2 aliphatic rings. The van der Waals surface area contributed by atoms with Gasteiger partial charge in [0.15, 0.2) is 0 Å². The number of aromatic nitrogens is 1. The van der Waals surface area contributed by atoms with Gasteiger partial charge in [0, 0.05) is 29.7 Å². The van der Waals surface area contributed by atoms with Crippen molar-refractivity contribution in [3.63, 3.8) is 0 Å². The van der Waals surface area contributed by atoms with Crippen molar-refractivity contribution in [1.82, 2.24) is 8.87 Å². The summed E-state index contributed by atoms with van der Waals surface area (Å²) < 4.78 is 43.2. The quantitative estimate of drug-likeness (QED) is 0.565. The first-order valence-corrected chi connectivity index (χ1v) is 12.3. The third-order valence-corrected chi connectivity index (χ3v) is 8.71. The molecule has 6 heteroatoms. The van der Waals surface area contributed by atoms with Crippen LogP contribution in [0.4, 0.5) is 4.39 Å². The maximum atomic E-state index is 14.2. The number of nitrogens with zero attached hydrogens (tertiary/aromatic N) is 2. The van der Waals surface area contributed by atoms with Crippen LogP contribution in [0.15, 0.2) is 47.5 Å². The van der Waals surface area contributed by atoms with Gasteiger partial charge in [-0.1, -0.05) is 23.8 Å². The Morgan fingerprint density at radius 3 is 2.55 bits per heavy atom. The van der Waals surface area contributed by atoms with Gasteiger partial charge < -0.3 is 0 Å². The van der Waals surface area contributed by atoms with Crippen molar-refractivity contribution in [2.24, 2.45) is 0 Å². The summed E-state index contributed by atoms with van der Waals surface area (Å²) in [6.07, 6.45) is 7.11. The van der Waals surface area contributed by atoms with Crippen LogP contribution in [-0.4, -0.2) is 36.4 Å². The first-order valence-electron chi connectivity index (χ1n) is 10.8. The maximum absolute atomic E-state index is 14.2. The zero-order chi connectivity index (χ0) is 21.9. The molecule has 0 bridgehead atoms. The maximum Gasteiger partial charge on any atom is 0.268 e. The normalized spacial score (nSPS) is 19.6. The second-order valence-corrected chi connectivity index (χ2v) is 10.7. The van der Waals surface area contributed by atoms with Crippen molar-refractivity contribution in [2.75, 3.05) is 13.1 Å². The van der Waals surface area contributed by atoms with E-state index in [2.05, 4.69) is 11.0 Å². The first kappa shape index (κ1) is 20.5. The highest BCUT2D eigenvalue weighted by atomic mass is 32.2.